The fourth-order valence-electron chi connectivity index (χ4n) is 2.98. The van der Waals surface area contributed by atoms with Crippen molar-refractivity contribution >= 4 is 22.4 Å². The van der Waals surface area contributed by atoms with Gasteiger partial charge in [0, 0.05) is 24.7 Å². The smallest absolute Gasteiger partial charge is 0.142 e. The second kappa shape index (κ2) is 4.70. The number of hydrogen-bond donors (Lipinski definition) is 1. The second-order valence-corrected chi connectivity index (χ2v) is 6.56. The molecule has 0 spiro atoms. The van der Waals surface area contributed by atoms with Crippen molar-refractivity contribution in [3.63, 3.8) is 0 Å². The summed E-state index contributed by atoms with van der Waals surface area (Å²) in [6, 6.07) is 0.636. The van der Waals surface area contributed by atoms with Crippen molar-refractivity contribution in [2.45, 2.75) is 37.6 Å². The molecule has 1 saturated carbocycles. The molecular formula is C13H22N4S. The van der Waals surface area contributed by atoms with E-state index in [1.54, 1.807) is 11.5 Å². The summed E-state index contributed by atoms with van der Waals surface area (Å²) in [5.74, 6) is 1.48. The van der Waals surface area contributed by atoms with Crippen LogP contribution in [0, 0.1) is 0 Å². The van der Waals surface area contributed by atoms with Crippen LogP contribution in [-0.4, -0.2) is 42.5 Å². The molecule has 4 nitrogen and oxygen atoms in total. The summed E-state index contributed by atoms with van der Waals surface area (Å²) < 4.78 is 4.40. The first kappa shape index (κ1) is 12.2. The minimum Gasteiger partial charge on any atom is -0.383 e. The SMILES string of the molecule is CN(C)CC1CCCN1c1snc(N)c1C1CC1. The Morgan fingerprint density at radius 2 is 2.17 bits per heavy atom. The van der Waals surface area contributed by atoms with Gasteiger partial charge in [-0.1, -0.05) is 0 Å². The number of anilines is 2. The molecule has 2 aliphatic rings. The van der Waals surface area contributed by atoms with Gasteiger partial charge in [-0.15, -0.1) is 0 Å². The Kier molecular flexibility index (Phi) is 3.20. The number of rotatable bonds is 4. The highest BCUT2D eigenvalue weighted by molar-refractivity contribution is 7.10. The standard InChI is InChI=1S/C13H22N4S/c1-16(2)8-10-4-3-7-17(10)13-11(9-5-6-9)12(14)15-18-13/h9-10H,3-8H2,1-2H3,(H2,14,15). The van der Waals surface area contributed by atoms with E-state index in [9.17, 15) is 0 Å². The van der Waals surface area contributed by atoms with Crippen molar-refractivity contribution in [3.8, 4) is 0 Å². The molecule has 1 aromatic rings. The van der Waals surface area contributed by atoms with Crippen LogP contribution in [0.3, 0.4) is 0 Å². The third-order valence-corrected chi connectivity index (χ3v) is 4.85. The average Bonchev–Trinajstić information content (AvgIpc) is 2.93. The maximum Gasteiger partial charge on any atom is 0.142 e. The summed E-state index contributed by atoms with van der Waals surface area (Å²) in [5.41, 5.74) is 7.41. The average molecular weight is 266 g/mol. The van der Waals surface area contributed by atoms with E-state index in [0.29, 0.717) is 12.0 Å². The largest absolute Gasteiger partial charge is 0.383 e. The number of nitrogen functional groups attached to an aromatic ring is 1. The zero-order chi connectivity index (χ0) is 12.7. The van der Waals surface area contributed by atoms with Gasteiger partial charge in [0.15, 0.2) is 0 Å². The van der Waals surface area contributed by atoms with Crippen molar-refractivity contribution in [2.75, 3.05) is 37.8 Å². The normalized spacial score (nSPS) is 24.2. The number of nitrogens with two attached hydrogens (primary N) is 1. The van der Waals surface area contributed by atoms with Crippen molar-refractivity contribution in [1.82, 2.24) is 9.27 Å². The van der Waals surface area contributed by atoms with Gasteiger partial charge in [0.25, 0.3) is 0 Å². The fourth-order valence-corrected chi connectivity index (χ4v) is 3.98. The zero-order valence-corrected chi connectivity index (χ0v) is 12.0. The maximum absolute atomic E-state index is 6.06. The highest BCUT2D eigenvalue weighted by Gasteiger charge is 2.35. The zero-order valence-electron chi connectivity index (χ0n) is 11.2. The third kappa shape index (κ3) is 2.21. The van der Waals surface area contributed by atoms with Crippen molar-refractivity contribution in [3.05, 3.63) is 5.56 Å². The van der Waals surface area contributed by atoms with Crippen LogP contribution < -0.4 is 10.6 Å². The fraction of sp³-hybridized carbons (Fsp3) is 0.769. The van der Waals surface area contributed by atoms with Gasteiger partial charge >= 0.3 is 0 Å². The summed E-state index contributed by atoms with van der Waals surface area (Å²) in [7, 11) is 4.30. The Labute approximate surface area is 113 Å². The molecule has 0 bridgehead atoms. The Bertz CT molecular complexity index is 425. The lowest BCUT2D eigenvalue weighted by Gasteiger charge is -2.28. The molecule has 3 rings (SSSR count). The highest BCUT2D eigenvalue weighted by Crippen LogP contribution is 2.49. The Hall–Kier alpha value is -0.810. The molecule has 1 aliphatic carbocycles. The summed E-state index contributed by atoms with van der Waals surface area (Å²) in [6.45, 7) is 2.29. The number of nitrogens with zero attached hydrogens (tertiary/aromatic N) is 3. The lowest BCUT2D eigenvalue weighted by molar-refractivity contribution is 0.372. The van der Waals surface area contributed by atoms with Crippen LogP contribution in [0.25, 0.3) is 0 Å². The molecule has 0 aromatic carbocycles. The molecule has 1 unspecified atom stereocenters. The third-order valence-electron chi connectivity index (χ3n) is 3.94. The quantitative estimate of drug-likeness (QED) is 0.907. The monoisotopic (exact) mass is 266 g/mol. The summed E-state index contributed by atoms with van der Waals surface area (Å²) in [4.78, 5) is 4.84. The number of aromatic nitrogens is 1. The van der Waals surface area contributed by atoms with Gasteiger partial charge in [-0.2, -0.15) is 4.37 Å². The van der Waals surface area contributed by atoms with E-state index in [1.165, 1.54) is 42.8 Å². The van der Waals surface area contributed by atoms with E-state index in [0.717, 1.165) is 12.4 Å². The van der Waals surface area contributed by atoms with Gasteiger partial charge in [0.2, 0.25) is 0 Å². The van der Waals surface area contributed by atoms with E-state index in [2.05, 4.69) is 28.3 Å². The van der Waals surface area contributed by atoms with Gasteiger partial charge in [-0.05, 0) is 57.2 Å². The minimum atomic E-state index is 0.636. The van der Waals surface area contributed by atoms with Gasteiger partial charge < -0.3 is 15.5 Å². The Morgan fingerprint density at radius 3 is 2.83 bits per heavy atom. The van der Waals surface area contributed by atoms with Gasteiger partial charge in [0.1, 0.15) is 10.8 Å². The molecule has 2 heterocycles. The van der Waals surface area contributed by atoms with E-state index in [-0.39, 0.29) is 0 Å². The van der Waals surface area contributed by atoms with Crippen LogP contribution >= 0.6 is 11.5 Å². The molecule has 0 amide bonds. The molecule has 1 aliphatic heterocycles. The van der Waals surface area contributed by atoms with Crippen molar-refractivity contribution in [1.29, 1.82) is 0 Å². The van der Waals surface area contributed by atoms with E-state index < -0.39 is 0 Å². The molecule has 2 N–H and O–H groups in total. The second-order valence-electron chi connectivity index (χ2n) is 5.81. The van der Waals surface area contributed by atoms with Crippen LogP contribution in [0.15, 0.2) is 0 Å². The summed E-state index contributed by atoms with van der Waals surface area (Å²) in [6.07, 6.45) is 5.17. The molecule has 1 saturated heterocycles. The highest BCUT2D eigenvalue weighted by atomic mass is 32.1. The van der Waals surface area contributed by atoms with Gasteiger partial charge in [-0.25, -0.2) is 0 Å². The first-order valence-corrected chi connectivity index (χ1v) is 7.60. The van der Waals surface area contributed by atoms with Crippen molar-refractivity contribution in [2.24, 2.45) is 0 Å². The first-order chi connectivity index (χ1) is 8.66. The van der Waals surface area contributed by atoms with Gasteiger partial charge in [-0.3, -0.25) is 0 Å². The first-order valence-electron chi connectivity index (χ1n) is 6.83. The number of likely N-dealkylation sites (N-methyl/N-ethyl adjacent to an activating group) is 1. The summed E-state index contributed by atoms with van der Waals surface area (Å²) >= 11 is 1.61. The lowest BCUT2D eigenvalue weighted by Crippen LogP contribution is -2.37. The van der Waals surface area contributed by atoms with Crippen LogP contribution in [0.2, 0.25) is 0 Å². The van der Waals surface area contributed by atoms with E-state index >= 15 is 0 Å². The van der Waals surface area contributed by atoms with Crippen LogP contribution in [0.5, 0.6) is 0 Å². The predicted molar refractivity (Wildman–Crippen MR) is 77.4 cm³/mol. The topological polar surface area (TPSA) is 45.4 Å². The van der Waals surface area contributed by atoms with E-state index in [4.69, 9.17) is 5.73 Å². The molecular weight excluding hydrogens is 244 g/mol. The van der Waals surface area contributed by atoms with E-state index in [1.807, 2.05) is 0 Å². The van der Waals surface area contributed by atoms with Crippen molar-refractivity contribution < 1.29 is 0 Å². The molecule has 18 heavy (non-hydrogen) atoms. The maximum atomic E-state index is 6.06. The molecule has 100 valence electrons. The minimum absolute atomic E-state index is 0.636. The Balaban J connectivity index is 1.84. The molecule has 0 radical (unpaired) electrons. The van der Waals surface area contributed by atoms with Crippen LogP contribution in [0.1, 0.15) is 37.2 Å². The molecule has 1 atom stereocenters. The predicted octanol–water partition coefficient (Wildman–Crippen LogP) is 2.13. The van der Waals surface area contributed by atoms with Crippen LogP contribution in [-0.2, 0) is 0 Å². The molecule has 2 fully saturated rings. The Morgan fingerprint density at radius 1 is 1.39 bits per heavy atom. The number of hydrogen-bond acceptors (Lipinski definition) is 5. The summed E-state index contributed by atoms with van der Waals surface area (Å²) in [5, 5.41) is 1.36. The molecule has 1 aromatic heterocycles. The molecule has 5 heteroatoms. The van der Waals surface area contributed by atoms with Crippen LogP contribution in [0.4, 0.5) is 10.8 Å². The lowest BCUT2D eigenvalue weighted by atomic mass is 10.1. The van der Waals surface area contributed by atoms with Gasteiger partial charge in [0.05, 0.1) is 0 Å².